The highest BCUT2D eigenvalue weighted by atomic mass is 19.1. The van der Waals surface area contributed by atoms with Crippen LogP contribution in [0.3, 0.4) is 0 Å². The molecule has 1 rings (SSSR count). The first-order chi connectivity index (χ1) is 8.15. The standard InChI is InChI=1S/C13H18FNO2/c1-3-17-8-4-7-15-10(2)12-6-5-11(14)9-13(12)16/h3,5-6,9-10,15-16H,1,4,7-8H2,2H3. The van der Waals surface area contributed by atoms with Crippen molar-refractivity contribution in [2.24, 2.45) is 0 Å². The lowest BCUT2D eigenvalue weighted by Crippen LogP contribution is -2.20. The number of phenolic OH excluding ortho intramolecular Hbond substituents is 1. The second-order valence-corrected chi connectivity index (χ2v) is 3.77. The van der Waals surface area contributed by atoms with Crippen LogP contribution < -0.4 is 5.32 Å². The first-order valence-electron chi connectivity index (χ1n) is 5.59. The third-order valence-corrected chi connectivity index (χ3v) is 2.47. The molecule has 94 valence electrons. The van der Waals surface area contributed by atoms with E-state index >= 15 is 0 Å². The number of benzene rings is 1. The molecule has 0 radical (unpaired) electrons. The van der Waals surface area contributed by atoms with E-state index in [-0.39, 0.29) is 11.8 Å². The lowest BCUT2D eigenvalue weighted by atomic mass is 10.1. The summed E-state index contributed by atoms with van der Waals surface area (Å²) in [5, 5.41) is 12.8. The maximum Gasteiger partial charge on any atom is 0.126 e. The van der Waals surface area contributed by atoms with Crippen LogP contribution in [0.5, 0.6) is 5.75 Å². The van der Waals surface area contributed by atoms with Gasteiger partial charge in [-0.2, -0.15) is 0 Å². The molecule has 0 aliphatic heterocycles. The molecule has 0 saturated carbocycles. The van der Waals surface area contributed by atoms with Gasteiger partial charge in [0.25, 0.3) is 0 Å². The Morgan fingerprint density at radius 2 is 2.35 bits per heavy atom. The van der Waals surface area contributed by atoms with Gasteiger partial charge in [0, 0.05) is 17.7 Å². The average Bonchev–Trinajstić information content (AvgIpc) is 2.28. The molecule has 0 fully saturated rings. The molecule has 0 aromatic heterocycles. The Balaban J connectivity index is 2.41. The zero-order chi connectivity index (χ0) is 12.7. The molecular formula is C13H18FNO2. The fraction of sp³-hybridized carbons (Fsp3) is 0.385. The van der Waals surface area contributed by atoms with Gasteiger partial charge in [-0.05, 0) is 26.0 Å². The van der Waals surface area contributed by atoms with E-state index in [2.05, 4.69) is 11.9 Å². The summed E-state index contributed by atoms with van der Waals surface area (Å²) >= 11 is 0. The molecule has 1 aromatic rings. The number of phenols is 1. The Kier molecular flexibility index (Phi) is 5.49. The zero-order valence-electron chi connectivity index (χ0n) is 9.95. The molecule has 0 heterocycles. The number of aromatic hydroxyl groups is 1. The fourth-order valence-corrected chi connectivity index (χ4v) is 1.55. The van der Waals surface area contributed by atoms with Gasteiger partial charge in [0.15, 0.2) is 0 Å². The molecule has 17 heavy (non-hydrogen) atoms. The maximum atomic E-state index is 12.8. The monoisotopic (exact) mass is 239 g/mol. The van der Waals surface area contributed by atoms with Crippen LogP contribution >= 0.6 is 0 Å². The highest BCUT2D eigenvalue weighted by Crippen LogP contribution is 2.24. The van der Waals surface area contributed by atoms with Crippen LogP contribution in [0.2, 0.25) is 0 Å². The van der Waals surface area contributed by atoms with Crippen molar-refractivity contribution in [2.75, 3.05) is 13.2 Å². The van der Waals surface area contributed by atoms with Crippen LogP contribution in [-0.2, 0) is 4.74 Å². The molecule has 0 aliphatic rings. The van der Waals surface area contributed by atoms with Crippen LogP contribution in [0, 0.1) is 5.82 Å². The summed E-state index contributed by atoms with van der Waals surface area (Å²) in [5.41, 5.74) is 0.691. The minimum Gasteiger partial charge on any atom is -0.508 e. The van der Waals surface area contributed by atoms with Gasteiger partial charge in [-0.25, -0.2) is 4.39 Å². The number of hydrogen-bond donors (Lipinski definition) is 2. The first-order valence-corrected chi connectivity index (χ1v) is 5.59. The minimum atomic E-state index is -0.433. The third-order valence-electron chi connectivity index (χ3n) is 2.47. The van der Waals surface area contributed by atoms with Gasteiger partial charge in [0.1, 0.15) is 11.6 Å². The smallest absolute Gasteiger partial charge is 0.126 e. The lowest BCUT2D eigenvalue weighted by molar-refractivity contribution is 0.243. The Labute approximate surface area is 101 Å². The summed E-state index contributed by atoms with van der Waals surface area (Å²) in [6, 6.07) is 4.02. The van der Waals surface area contributed by atoms with E-state index < -0.39 is 5.82 Å². The third kappa shape index (κ3) is 4.44. The molecule has 0 spiro atoms. The highest BCUT2D eigenvalue weighted by molar-refractivity contribution is 5.34. The Morgan fingerprint density at radius 1 is 1.59 bits per heavy atom. The summed E-state index contributed by atoms with van der Waals surface area (Å²) in [6.07, 6.45) is 2.26. The average molecular weight is 239 g/mol. The summed E-state index contributed by atoms with van der Waals surface area (Å²) in [7, 11) is 0. The van der Waals surface area contributed by atoms with Crippen molar-refractivity contribution >= 4 is 0 Å². The number of ether oxygens (including phenoxy) is 1. The van der Waals surface area contributed by atoms with Crippen molar-refractivity contribution in [1.29, 1.82) is 0 Å². The van der Waals surface area contributed by atoms with Gasteiger partial charge < -0.3 is 15.2 Å². The molecule has 0 saturated heterocycles. The predicted octanol–water partition coefficient (Wildman–Crippen LogP) is 2.73. The van der Waals surface area contributed by atoms with Crippen molar-refractivity contribution in [3.05, 3.63) is 42.4 Å². The SMILES string of the molecule is C=COCCCNC(C)c1ccc(F)cc1O. The minimum absolute atomic E-state index is 0.0210. The van der Waals surface area contributed by atoms with Crippen LogP contribution in [0.25, 0.3) is 0 Å². The van der Waals surface area contributed by atoms with Crippen molar-refractivity contribution < 1.29 is 14.2 Å². The molecule has 1 atom stereocenters. The molecule has 2 N–H and O–H groups in total. The van der Waals surface area contributed by atoms with E-state index in [1.807, 2.05) is 6.92 Å². The molecule has 0 bridgehead atoms. The van der Waals surface area contributed by atoms with E-state index in [0.717, 1.165) is 19.0 Å². The van der Waals surface area contributed by atoms with E-state index in [0.29, 0.717) is 12.2 Å². The van der Waals surface area contributed by atoms with Gasteiger partial charge in [-0.3, -0.25) is 0 Å². The van der Waals surface area contributed by atoms with Crippen molar-refractivity contribution in [3.63, 3.8) is 0 Å². The van der Waals surface area contributed by atoms with Crippen LogP contribution in [0.1, 0.15) is 24.9 Å². The van der Waals surface area contributed by atoms with Crippen molar-refractivity contribution in [3.8, 4) is 5.75 Å². The van der Waals surface area contributed by atoms with Gasteiger partial charge >= 0.3 is 0 Å². The van der Waals surface area contributed by atoms with Crippen molar-refractivity contribution in [1.82, 2.24) is 5.32 Å². The van der Waals surface area contributed by atoms with Crippen LogP contribution in [-0.4, -0.2) is 18.3 Å². The molecule has 0 aliphatic carbocycles. The Morgan fingerprint density at radius 3 is 3.00 bits per heavy atom. The van der Waals surface area contributed by atoms with E-state index in [4.69, 9.17) is 4.74 Å². The van der Waals surface area contributed by atoms with Gasteiger partial charge in [-0.15, -0.1) is 0 Å². The second-order valence-electron chi connectivity index (χ2n) is 3.77. The molecule has 0 amide bonds. The normalized spacial score (nSPS) is 12.1. The summed E-state index contributed by atoms with van der Waals surface area (Å²) in [5.74, 6) is -0.454. The molecule has 1 aromatic carbocycles. The molecule has 3 nitrogen and oxygen atoms in total. The van der Waals surface area contributed by atoms with Crippen LogP contribution in [0.15, 0.2) is 31.0 Å². The summed E-state index contributed by atoms with van der Waals surface area (Å²) in [6.45, 7) is 6.73. The zero-order valence-corrected chi connectivity index (χ0v) is 9.95. The quantitative estimate of drug-likeness (QED) is 0.568. The Hall–Kier alpha value is -1.55. The lowest BCUT2D eigenvalue weighted by Gasteiger charge is -2.15. The van der Waals surface area contributed by atoms with E-state index in [1.54, 1.807) is 6.07 Å². The topological polar surface area (TPSA) is 41.5 Å². The van der Waals surface area contributed by atoms with Crippen LogP contribution in [0.4, 0.5) is 4.39 Å². The van der Waals surface area contributed by atoms with Gasteiger partial charge in [0.2, 0.25) is 0 Å². The fourth-order valence-electron chi connectivity index (χ4n) is 1.55. The first kappa shape index (κ1) is 13.5. The number of rotatable bonds is 7. The molecule has 1 unspecified atom stereocenters. The van der Waals surface area contributed by atoms with Gasteiger partial charge in [-0.1, -0.05) is 12.6 Å². The number of nitrogens with one attached hydrogen (secondary N) is 1. The molecular weight excluding hydrogens is 221 g/mol. The van der Waals surface area contributed by atoms with Gasteiger partial charge in [0.05, 0.1) is 12.9 Å². The van der Waals surface area contributed by atoms with E-state index in [9.17, 15) is 9.50 Å². The maximum absolute atomic E-state index is 12.8. The predicted molar refractivity (Wildman–Crippen MR) is 65.2 cm³/mol. The highest BCUT2D eigenvalue weighted by Gasteiger charge is 2.09. The summed E-state index contributed by atoms with van der Waals surface area (Å²) < 4.78 is 17.8. The second kappa shape index (κ2) is 6.91. The van der Waals surface area contributed by atoms with E-state index in [1.165, 1.54) is 12.3 Å². The molecule has 4 heteroatoms. The van der Waals surface area contributed by atoms with Crippen molar-refractivity contribution in [2.45, 2.75) is 19.4 Å². The number of halogens is 1. The number of hydrogen-bond acceptors (Lipinski definition) is 3. The summed E-state index contributed by atoms with van der Waals surface area (Å²) in [4.78, 5) is 0. The Bertz CT molecular complexity index is 368. The largest absolute Gasteiger partial charge is 0.508 e.